The van der Waals surface area contributed by atoms with E-state index in [0.29, 0.717) is 40.4 Å². The molecular weight excluding hydrogens is 341 g/mol. The largest absolute Gasteiger partial charge is 0.349 e. The summed E-state index contributed by atoms with van der Waals surface area (Å²) < 4.78 is 14.4. The summed E-state index contributed by atoms with van der Waals surface area (Å²) in [5.74, 6) is -0.668. The van der Waals surface area contributed by atoms with Gasteiger partial charge in [0.1, 0.15) is 11.5 Å². The highest BCUT2D eigenvalue weighted by Gasteiger charge is 2.22. The molecule has 0 aliphatic heterocycles. The van der Waals surface area contributed by atoms with Crippen LogP contribution in [0.5, 0.6) is 0 Å². The number of aromatic nitrogens is 1. The molecule has 1 aromatic heterocycles. The predicted octanol–water partition coefficient (Wildman–Crippen LogP) is 3.92. The van der Waals surface area contributed by atoms with Crippen LogP contribution in [-0.4, -0.2) is 43.0 Å². The second-order valence-electron chi connectivity index (χ2n) is 6.08. The molecule has 0 bridgehead atoms. The highest BCUT2D eigenvalue weighted by atomic mass is 35.5. The van der Waals surface area contributed by atoms with E-state index in [9.17, 15) is 9.18 Å². The van der Waals surface area contributed by atoms with E-state index in [1.165, 1.54) is 6.07 Å². The van der Waals surface area contributed by atoms with Gasteiger partial charge in [-0.1, -0.05) is 41.9 Å². The van der Waals surface area contributed by atoms with Crippen LogP contribution in [0.4, 0.5) is 4.39 Å². The van der Waals surface area contributed by atoms with Gasteiger partial charge in [0.05, 0.1) is 10.5 Å². The molecule has 6 heteroatoms. The van der Waals surface area contributed by atoms with Gasteiger partial charge >= 0.3 is 0 Å². The Morgan fingerprint density at radius 3 is 2.68 bits per heavy atom. The Balaban J connectivity index is 2.11. The van der Waals surface area contributed by atoms with Crippen LogP contribution in [0.1, 0.15) is 10.5 Å². The number of nitrogens with zero attached hydrogens (tertiary/aromatic N) is 1. The quantitative estimate of drug-likeness (QED) is 0.725. The molecule has 0 atom stereocenters. The zero-order chi connectivity index (χ0) is 18.0. The van der Waals surface area contributed by atoms with E-state index in [0.717, 1.165) is 5.39 Å². The molecule has 4 nitrogen and oxygen atoms in total. The van der Waals surface area contributed by atoms with Crippen LogP contribution < -0.4 is 5.32 Å². The summed E-state index contributed by atoms with van der Waals surface area (Å²) in [5.41, 5.74) is 1.83. The Labute approximate surface area is 150 Å². The number of hydrogen-bond donors (Lipinski definition) is 2. The van der Waals surface area contributed by atoms with Gasteiger partial charge < -0.3 is 15.2 Å². The number of rotatable bonds is 5. The van der Waals surface area contributed by atoms with Crippen molar-refractivity contribution < 1.29 is 9.18 Å². The third kappa shape index (κ3) is 3.52. The van der Waals surface area contributed by atoms with Crippen molar-refractivity contribution in [3.05, 3.63) is 59.0 Å². The fourth-order valence-electron chi connectivity index (χ4n) is 2.78. The fourth-order valence-corrected chi connectivity index (χ4v) is 3.00. The van der Waals surface area contributed by atoms with Gasteiger partial charge in [0.2, 0.25) is 0 Å². The van der Waals surface area contributed by atoms with Crippen LogP contribution in [0.25, 0.3) is 22.0 Å². The lowest BCUT2D eigenvalue weighted by Crippen LogP contribution is -2.31. The van der Waals surface area contributed by atoms with Crippen molar-refractivity contribution in [3.63, 3.8) is 0 Å². The molecule has 1 amide bonds. The number of carbonyl (C=O) groups is 1. The van der Waals surface area contributed by atoms with Crippen LogP contribution >= 0.6 is 11.6 Å². The number of amides is 1. The number of nitrogens with one attached hydrogen (secondary N) is 2. The number of H-pyrrole nitrogens is 1. The molecule has 0 saturated heterocycles. The van der Waals surface area contributed by atoms with Crippen molar-refractivity contribution >= 4 is 28.4 Å². The van der Waals surface area contributed by atoms with Crippen molar-refractivity contribution in [3.8, 4) is 11.1 Å². The molecule has 0 saturated carbocycles. The third-order valence-corrected chi connectivity index (χ3v) is 4.31. The summed E-state index contributed by atoms with van der Waals surface area (Å²) in [7, 11) is 3.86. The first-order valence-electron chi connectivity index (χ1n) is 7.97. The molecule has 1 heterocycles. The number of fused-ring (bicyclic) bond motifs is 1. The van der Waals surface area contributed by atoms with Gasteiger partial charge in [0.25, 0.3) is 5.91 Å². The fraction of sp³-hybridized carbons (Fsp3) is 0.211. The standard InChI is InChI=1S/C19H19ClFN3O/c1-24(2)11-10-22-19(25)18-16(12-6-3-4-9-15(12)21)13-7-5-8-14(20)17(13)23-18/h3-9,23H,10-11H2,1-2H3,(H,22,25). The second kappa shape index (κ2) is 7.25. The summed E-state index contributed by atoms with van der Waals surface area (Å²) in [4.78, 5) is 17.7. The molecule has 2 aromatic carbocycles. The van der Waals surface area contributed by atoms with Crippen molar-refractivity contribution in [2.24, 2.45) is 0 Å². The monoisotopic (exact) mass is 359 g/mol. The number of carbonyl (C=O) groups excluding carboxylic acids is 1. The Hall–Kier alpha value is -2.37. The molecule has 3 aromatic rings. The number of hydrogen-bond acceptors (Lipinski definition) is 2. The lowest BCUT2D eigenvalue weighted by Gasteiger charge is -2.11. The van der Waals surface area contributed by atoms with E-state index in [1.54, 1.807) is 30.3 Å². The first kappa shape index (κ1) is 17.5. The van der Waals surface area contributed by atoms with Crippen LogP contribution in [0, 0.1) is 5.82 Å². The normalized spacial score (nSPS) is 11.2. The topological polar surface area (TPSA) is 48.1 Å². The molecule has 0 radical (unpaired) electrons. The minimum atomic E-state index is -0.384. The average Bonchev–Trinajstić information content (AvgIpc) is 2.96. The van der Waals surface area contributed by atoms with E-state index in [4.69, 9.17) is 11.6 Å². The number of likely N-dealkylation sites (N-methyl/N-ethyl adjacent to an activating group) is 1. The number of aromatic amines is 1. The summed E-state index contributed by atoms with van der Waals surface area (Å²) in [6.07, 6.45) is 0. The van der Waals surface area contributed by atoms with E-state index >= 15 is 0 Å². The molecule has 0 aliphatic rings. The highest BCUT2D eigenvalue weighted by molar-refractivity contribution is 6.36. The molecule has 130 valence electrons. The van der Waals surface area contributed by atoms with Gasteiger partial charge in [-0.3, -0.25) is 4.79 Å². The van der Waals surface area contributed by atoms with Crippen LogP contribution in [0.2, 0.25) is 5.02 Å². The van der Waals surface area contributed by atoms with Crippen LogP contribution in [0.3, 0.4) is 0 Å². The maximum atomic E-state index is 14.4. The first-order chi connectivity index (χ1) is 12.0. The average molecular weight is 360 g/mol. The maximum absolute atomic E-state index is 14.4. The molecule has 0 unspecified atom stereocenters. The minimum absolute atomic E-state index is 0.285. The van der Waals surface area contributed by atoms with Gasteiger partial charge in [-0.2, -0.15) is 0 Å². The van der Waals surface area contributed by atoms with Gasteiger partial charge in [-0.15, -0.1) is 0 Å². The highest BCUT2D eigenvalue weighted by Crippen LogP contribution is 2.36. The van der Waals surface area contributed by atoms with Crippen molar-refractivity contribution in [1.29, 1.82) is 0 Å². The predicted molar refractivity (Wildman–Crippen MR) is 99.6 cm³/mol. The number of benzene rings is 2. The number of para-hydroxylation sites is 1. The van der Waals surface area contributed by atoms with Gasteiger partial charge in [-0.05, 0) is 26.2 Å². The van der Waals surface area contributed by atoms with E-state index < -0.39 is 0 Å². The third-order valence-electron chi connectivity index (χ3n) is 4.00. The smallest absolute Gasteiger partial charge is 0.268 e. The van der Waals surface area contributed by atoms with Crippen molar-refractivity contribution in [2.45, 2.75) is 0 Å². The van der Waals surface area contributed by atoms with Gasteiger partial charge in [0.15, 0.2) is 0 Å². The summed E-state index contributed by atoms with van der Waals surface area (Å²) in [6.45, 7) is 1.20. The van der Waals surface area contributed by atoms with Crippen molar-refractivity contribution in [2.75, 3.05) is 27.2 Å². The first-order valence-corrected chi connectivity index (χ1v) is 8.35. The lowest BCUT2D eigenvalue weighted by molar-refractivity contribution is 0.0947. The lowest BCUT2D eigenvalue weighted by atomic mass is 10.0. The molecule has 0 spiro atoms. The molecule has 0 aliphatic carbocycles. The van der Waals surface area contributed by atoms with E-state index in [1.807, 2.05) is 25.1 Å². The van der Waals surface area contributed by atoms with Gasteiger partial charge in [-0.25, -0.2) is 4.39 Å². The molecule has 0 fully saturated rings. The summed E-state index contributed by atoms with van der Waals surface area (Å²) in [5, 5.41) is 4.07. The molecular formula is C19H19ClFN3O. The minimum Gasteiger partial charge on any atom is -0.349 e. The van der Waals surface area contributed by atoms with E-state index in [-0.39, 0.29) is 11.7 Å². The Morgan fingerprint density at radius 2 is 1.96 bits per heavy atom. The Morgan fingerprint density at radius 1 is 1.20 bits per heavy atom. The van der Waals surface area contributed by atoms with Crippen LogP contribution in [-0.2, 0) is 0 Å². The number of halogens is 2. The molecule has 25 heavy (non-hydrogen) atoms. The van der Waals surface area contributed by atoms with Gasteiger partial charge in [0, 0.05) is 29.6 Å². The summed E-state index contributed by atoms with van der Waals surface area (Å²) in [6, 6.07) is 11.8. The second-order valence-corrected chi connectivity index (χ2v) is 6.48. The SMILES string of the molecule is CN(C)CCNC(=O)c1[nH]c2c(Cl)cccc2c1-c1ccccc1F. The zero-order valence-electron chi connectivity index (χ0n) is 14.1. The summed E-state index contributed by atoms with van der Waals surface area (Å²) >= 11 is 6.26. The maximum Gasteiger partial charge on any atom is 0.268 e. The van der Waals surface area contributed by atoms with E-state index in [2.05, 4.69) is 10.3 Å². The Kier molecular flexibility index (Phi) is 5.06. The van der Waals surface area contributed by atoms with Crippen molar-refractivity contribution in [1.82, 2.24) is 15.2 Å². The molecule has 3 rings (SSSR count). The zero-order valence-corrected chi connectivity index (χ0v) is 14.8. The van der Waals surface area contributed by atoms with Crippen LogP contribution in [0.15, 0.2) is 42.5 Å². The Bertz CT molecular complexity index is 920. The molecule has 2 N–H and O–H groups in total.